The van der Waals surface area contributed by atoms with Gasteiger partial charge in [-0.15, -0.1) is 0 Å². The number of carbonyl (C=O) groups excluding carboxylic acids is 1. The van der Waals surface area contributed by atoms with Gasteiger partial charge in [-0.3, -0.25) is 4.79 Å². The van der Waals surface area contributed by atoms with Crippen molar-refractivity contribution in [3.05, 3.63) is 70.8 Å². The van der Waals surface area contributed by atoms with Crippen LogP contribution >= 0.6 is 0 Å². The third-order valence-electron chi connectivity index (χ3n) is 3.50. The molecule has 2 rings (SSSR count). The van der Waals surface area contributed by atoms with Crippen molar-refractivity contribution in [2.24, 2.45) is 0 Å². The van der Waals surface area contributed by atoms with Crippen molar-refractivity contribution in [2.75, 3.05) is 0 Å². The Balaban J connectivity index is 2.51. The van der Waals surface area contributed by atoms with E-state index in [1.807, 2.05) is 36.4 Å². The SMILES string of the molecule is CC(C)(c1ccc(C#N)cc1)c1ccccc1C=O. The molecule has 0 fully saturated rings. The van der Waals surface area contributed by atoms with Crippen molar-refractivity contribution in [1.82, 2.24) is 0 Å². The molecular formula is C17H15NO. The first-order valence-electron chi connectivity index (χ1n) is 6.15. The molecular weight excluding hydrogens is 234 g/mol. The van der Waals surface area contributed by atoms with E-state index >= 15 is 0 Å². The zero-order valence-corrected chi connectivity index (χ0v) is 11.1. The molecule has 2 aromatic rings. The van der Waals surface area contributed by atoms with Crippen molar-refractivity contribution in [3.63, 3.8) is 0 Å². The predicted molar refractivity (Wildman–Crippen MR) is 75.1 cm³/mol. The van der Waals surface area contributed by atoms with Crippen molar-refractivity contribution in [2.45, 2.75) is 19.3 Å². The minimum absolute atomic E-state index is 0.272. The Morgan fingerprint density at radius 3 is 2.26 bits per heavy atom. The Hall–Kier alpha value is -2.40. The Labute approximate surface area is 113 Å². The van der Waals surface area contributed by atoms with Gasteiger partial charge in [-0.25, -0.2) is 0 Å². The summed E-state index contributed by atoms with van der Waals surface area (Å²) in [5.41, 5.74) is 3.15. The van der Waals surface area contributed by atoms with Crippen LogP contribution in [0.4, 0.5) is 0 Å². The molecule has 0 aromatic heterocycles. The van der Waals surface area contributed by atoms with Gasteiger partial charge in [0.15, 0.2) is 0 Å². The molecule has 0 unspecified atom stereocenters. The summed E-state index contributed by atoms with van der Waals surface area (Å²) in [6, 6.07) is 17.2. The summed E-state index contributed by atoms with van der Waals surface area (Å²) in [5.74, 6) is 0. The van der Waals surface area contributed by atoms with Gasteiger partial charge in [-0.2, -0.15) is 5.26 Å². The van der Waals surface area contributed by atoms with E-state index in [4.69, 9.17) is 5.26 Å². The lowest BCUT2D eigenvalue weighted by Gasteiger charge is -2.27. The van der Waals surface area contributed by atoms with Crippen molar-refractivity contribution in [1.29, 1.82) is 5.26 Å². The van der Waals surface area contributed by atoms with E-state index in [0.717, 1.165) is 17.4 Å². The van der Waals surface area contributed by atoms with Gasteiger partial charge < -0.3 is 0 Å². The molecule has 0 bridgehead atoms. The summed E-state index contributed by atoms with van der Waals surface area (Å²) in [5, 5.41) is 8.83. The minimum Gasteiger partial charge on any atom is -0.298 e. The lowest BCUT2D eigenvalue weighted by molar-refractivity contribution is 0.112. The molecule has 0 aliphatic heterocycles. The maximum Gasteiger partial charge on any atom is 0.150 e. The van der Waals surface area contributed by atoms with Crippen LogP contribution in [0.1, 0.15) is 40.9 Å². The zero-order chi connectivity index (χ0) is 13.9. The van der Waals surface area contributed by atoms with Gasteiger partial charge in [-0.1, -0.05) is 50.2 Å². The van der Waals surface area contributed by atoms with Gasteiger partial charge in [0.1, 0.15) is 6.29 Å². The average molecular weight is 249 g/mol. The van der Waals surface area contributed by atoms with E-state index in [0.29, 0.717) is 11.1 Å². The second-order valence-electron chi connectivity index (χ2n) is 5.02. The van der Waals surface area contributed by atoms with Crippen molar-refractivity contribution < 1.29 is 4.79 Å². The third kappa shape index (κ3) is 2.41. The topological polar surface area (TPSA) is 40.9 Å². The van der Waals surface area contributed by atoms with Crippen molar-refractivity contribution >= 4 is 6.29 Å². The highest BCUT2D eigenvalue weighted by molar-refractivity contribution is 5.78. The number of aldehydes is 1. The van der Waals surface area contributed by atoms with Crippen LogP contribution in [0.5, 0.6) is 0 Å². The van der Waals surface area contributed by atoms with Gasteiger partial charge in [0.2, 0.25) is 0 Å². The lowest BCUT2D eigenvalue weighted by Crippen LogP contribution is -2.20. The number of nitriles is 1. The Kier molecular flexibility index (Phi) is 3.48. The van der Waals surface area contributed by atoms with Crippen LogP contribution in [-0.2, 0) is 5.41 Å². The van der Waals surface area contributed by atoms with E-state index in [9.17, 15) is 4.79 Å². The molecule has 0 aliphatic carbocycles. The van der Waals surface area contributed by atoms with Crippen LogP contribution in [0.3, 0.4) is 0 Å². The van der Waals surface area contributed by atoms with E-state index < -0.39 is 0 Å². The summed E-state index contributed by atoms with van der Waals surface area (Å²) in [6.45, 7) is 4.16. The molecule has 0 amide bonds. The van der Waals surface area contributed by atoms with Crippen LogP contribution in [-0.4, -0.2) is 6.29 Å². The molecule has 0 aliphatic rings. The van der Waals surface area contributed by atoms with Gasteiger partial charge >= 0.3 is 0 Å². The third-order valence-corrected chi connectivity index (χ3v) is 3.50. The number of hydrogen-bond acceptors (Lipinski definition) is 2. The normalized spacial score (nSPS) is 10.8. The smallest absolute Gasteiger partial charge is 0.150 e. The number of hydrogen-bond donors (Lipinski definition) is 0. The zero-order valence-electron chi connectivity index (χ0n) is 11.1. The first-order valence-corrected chi connectivity index (χ1v) is 6.15. The lowest BCUT2D eigenvalue weighted by atomic mass is 9.76. The number of nitrogens with zero attached hydrogens (tertiary/aromatic N) is 1. The second kappa shape index (κ2) is 5.07. The highest BCUT2D eigenvalue weighted by Gasteiger charge is 2.25. The quantitative estimate of drug-likeness (QED) is 0.778. The number of rotatable bonds is 3. The molecule has 0 saturated heterocycles. The molecule has 2 nitrogen and oxygen atoms in total. The molecule has 19 heavy (non-hydrogen) atoms. The van der Waals surface area contributed by atoms with Crippen LogP contribution in [0.2, 0.25) is 0 Å². The molecule has 0 atom stereocenters. The largest absolute Gasteiger partial charge is 0.298 e. The highest BCUT2D eigenvalue weighted by Crippen LogP contribution is 2.33. The number of benzene rings is 2. The van der Waals surface area contributed by atoms with Gasteiger partial charge in [0, 0.05) is 11.0 Å². The number of carbonyl (C=O) groups is 1. The summed E-state index contributed by atoms with van der Waals surface area (Å²) >= 11 is 0. The van der Waals surface area contributed by atoms with Gasteiger partial charge in [0.05, 0.1) is 11.6 Å². The minimum atomic E-state index is -0.272. The molecule has 2 aromatic carbocycles. The highest BCUT2D eigenvalue weighted by atomic mass is 16.1. The molecule has 0 N–H and O–H groups in total. The molecule has 0 spiro atoms. The summed E-state index contributed by atoms with van der Waals surface area (Å²) in [4.78, 5) is 11.2. The summed E-state index contributed by atoms with van der Waals surface area (Å²) in [7, 11) is 0. The van der Waals surface area contributed by atoms with E-state index in [1.54, 1.807) is 12.1 Å². The summed E-state index contributed by atoms with van der Waals surface area (Å²) < 4.78 is 0. The van der Waals surface area contributed by atoms with E-state index in [1.165, 1.54) is 0 Å². The Bertz CT molecular complexity index is 633. The predicted octanol–water partition coefficient (Wildman–Crippen LogP) is 3.70. The molecule has 0 radical (unpaired) electrons. The molecule has 94 valence electrons. The fourth-order valence-corrected chi connectivity index (χ4v) is 2.29. The molecule has 0 saturated carbocycles. The average Bonchev–Trinajstić information content (AvgIpc) is 2.47. The standard InChI is InChI=1S/C17H15NO/c1-17(2,15-9-7-13(11-18)8-10-15)16-6-4-3-5-14(16)12-19/h3-10,12H,1-2H3. The second-order valence-corrected chi connectivity index (χ2v) is 5.02. The van der Waals surface area contributed by atoms with Crippen LogP contribution in [0.15, 0.2) is 48.5 Å². The van der Waals surface area contributed by atoms with Crippen LogP contribution < -0.4 is 0 Å². The first kappa shape index (κ1) is 13.0. The van der Waals surface area contributed by atoms with Gasteiger partial charge in [0.25, 0.3) is 0 Å². The van der Waals surface area contributed by atoms with Gasteiger partial charge in [-0.05, 0) is 23.3 Å². The molecule has 0 heterocycles. The Morgan fingerprint density at radius 1 is 1.05 bits per heavy atom. The first-order chi connectivity index (χ1) is 9.09. The maximum atomic E-state index is 11.2. The van der Waals surface area contributed by atoms with E-state index in [-0.39, 0.29) is 5.41 Å². The molecule has 2 heteroatoms. The fraction of sp³-hybridized carbons (Fsp3) is 0.176. The fourth-order valence-electron chi connectivity index (χ4n) is 2.29. The van der Waals surface area contributed by atoms with Crippen LogP contribution in [0, 0.1) is 11.3 Å². The summed E-state index contributed by atoms with van der Waals surface area (Å²) in [6.07, 6.45) is 0.890. The van der Waals surface area contributed by atoms with Crippen LogP contribution in [0.25, 0.3) is 0 Å². The monoisotopic (exact) mass is 249 g/mol. The Morgan fingerprint density at radius 2 is 1.68 bits per heavy atom. The van der Waals surface area contributed by atoms with E-state index in [2.05, 4.69) is 19.9 Å². The van der Waals surface area contributed by atoms with Crippen molar-refractivity contribution in [3.8, 4) is 6.07 Å². The maximum absolute atomic E-state index is 11.2.